The van der Waals surface area contributed by atoms with Crippen molar-refractivity contribution >= 4 is 30.7 Å². The molecule has 1 unspecified atom stereocenters. The van der Waals surface area contributed by atoms with Crippen molar-refractivity contribution in [3.05, 3.63) is 65.7 Å². The van der Waals surface area contributed by atoms with Gasteiger partial charge >= 0.3 is 0 Å². The molecule has 0 saturated heterocycles. The fourth-order valence-electron chi connectivity index (χ4n) is 2.56. The molecule has 0 aliphatic heterocycles. The zero-order valence-corrected chi connectivity index (χ0v) is 18.3. The Hall–Kier alpha value is -1.79. The molecule has 0 aliphatic rings. The smallest absolute Gasteiger partial charge is 0.244 e. The summed E-state index contributed by atoms with van der Waals surface area (Å²) < 4.78 is 5.72. The van der Waals surface area contributed by atoms with Crippen molar-refractivity contribution in [2.24, 2.45) is 5.73 Å². The Morgan fingerprint density at radius 2 is 1.68 bits per heavy atom. The molecular formula is C21H31Cl2N3O2. The molecule has 0 radical (unpaired) electrons. The van der Waals surface area contributed by atoms with Gasteiger partial charge in [0.25, 0.3) is 0 Å². The van der Waals surface area contributed by atoms with Crippen LogP contribution >= 0.6 is 24.8 Å². The number of ether oxygens (including phenoxy) is 1. The lowest BCUT2D eigenvalue weighted by atomic mass is 9.92. The van der Waals surface area contributed by atoms with E-state index >= 15 is 0 Å². The molecule has 0 saturated carbocycles. The fraction of sp³-hybridized carbons (Fsp3) is 0.381. The van der Waals surface area contributed by atoms with Crippen molar-refractivity contribution in [3.8, 4) is 5.75 Å². The van der Waals surface area contributed by atoms with Crippen molar-refractivity contribution in [2.45, 2.75) is 25.4 Å². The average molecular weight is 428 g/mol. The Morgan fingerprint density at radius 1 is 1.07 bits per heavy atom. The van der Waals surface area contributed by atoms with E-state index < -0.39 is 5.54 Å². The minimum absolute atomic E-state index is 0. The zero-order chi connectivity index (χ0) is 19.0. The van der Waals surface area contributed by atoms with Gasteiger partial charge in [0, 0.05) is 13.1 Å². The van der Waals surface area contributed by atoms with Gasteiger partial charge in [-0.1, -0.05) is 42.5 Å². The molecule has 3 N–H and O–H groups in total. The molecule has 1 atom stereocenters. The highest BCUT2D eigenvalue weighted by Crippen LogP contribution is 2.18. The number of nitrogens with two attached hydrogens (primary N) is 1. The van der Waals surface area contributed by atoms with Gasteiger partial charge in [0.15, 0.2) is 0 Å². The summed E-state index contributed by atoms with van der Waals surface area (Å²) in [6.07, 6.45) is 0.985. The number of nitrogens with zero attached hydrogens (tertiary/aromatic N) is 1. The highest BCUT2D eigenvalue weighted by atomic mass is 35.5. The van der Waals surface area contributed by atoms with Crippen molar-refractivity contribution in [2.75, 3.05) is 27.2 Å². The fourth-order valence-corrected chi connectivity index (χ4v) is 2.56. The molecule has 2 aromatic carbocycles. The Morgan fingerprint density at radius 3 is 2.25 bits per heavy atom. The first-order valence-corrected chi connectivity index (χ1v) is 8.89. The number of halogens is 2. The number of nitrogens with one attached hydrogen (secondary N) is 1. The lowest BCUT2D eigenvalue weighted by Crippen LogP contribution is -2.48. The lowest BCUT2D eigenvalue weighted by molar-refractivity contribution is -0.126. The van der Waals surface area contributed by atoms with Crippen LogP contribution < -0.4 is 15.8 Å². The summed E-state index contributed by atoms with van der Waals surface area (Å²) in [6.45, 7) is 3.85. The van der Waals surface area contributed by atoms with Crippen LogP contribution in [0.3, 0.4) is 0 Å². The number of benzene rings is 2. The van der Waals surface area contributed by atoms with Crippen molar-refractivity contribution in [1.29, 1.82) is 0 Å². The summed E-state index contributed by atoms with van der Waals surface area (Å²) in [5, 5.41) is 2.91. The Labute approximate surface area is 180 Å². The van der Waals surface area contributed by atoms with E-state index in [4.69, 9.17) is 10.5 Å². The van der Waals surface area contributed by atoms with Crippen LogP contribution in [0.4, 0.5) is 0 Å². The molecule has 0 aliphatic carbocycles. The Bertz CT molecular complexity index is 693. The van der Waals surface area contributed by atoms with Crippen molar-refractivity contribution in [1.82, 2.24) is 10.2 Å². The summed E-state index contributed by atoms with van der Waals surface area (Å²) >= 11 is 0. The summed E-state index contributed by atoms with van der Waals surface area (Å²) in [7, 11) is 4.10. The van der Waals surface area contributed by atoms with Gasteiger partial charge in [-0.15, -0.1) is 24.8 Å². The normalized spacial score (nSPS) is 12.3. The molecule has 0 fully saturated rings. The lowest BCUT2D eigenvalue weighted by Gasteiger charge is -2.24. The van der Waals surface area contributed by atoms with E-state index in [1.807, 2.05) is 68.7 Å². The highest BCUT2D eigenvalue weighted by Gasteiger charge is 2.29. The standard InChI is InChI=1S/C21H29N3O2.2ClH/c1-21(22,18-8-5-4-6-9-18)20(25)23-16-17-10-12-19(13-11-17)26-15-7-14-24(2)3;;/h4-6,8-13H,7,14-16,22H2,1-3H3,(H,23,25);2*1H. The van der Waals surface area contributed by atoms with E-state index in [2.05, 4.69) is 10.2 Å². The third-order valence-electron chi connectivity index (χ3n) is 4.24. The van der Waals surface area contributed by atoms with Crippen LogP contribution in [-0.2, 0) is 16.9 Å². The molecule has 28 heavy (non-hydrogen) atoms. The van der Waals surface area contributed by atoms with Crippen molar-refractivity contribution < 1.29 is 9.53 Å². The first-order valence-electron chi connectivity index (χ1n) is 8.89. The van der Waals surface area contributed by atoms with Gasteiger partial charge in [0.2, 0.25) is 5.91 Å². The van der Waals surface area contributed by atoms with Crippen LogP contribution in [0.1, 0.15) is 24.5 Å². The second-order valence-electron chi connectivity index (χ2n) is 6.90. The summed E-state index contributed by atoms with van der Waals surface area (Å²) in [4.78, 5) is 14.6. The van der Waals surface area contributed by atoms with E-state index in [1.54, 1.807) is 6.92 Å². The molecule has 2 rings (SSSR count). The zero-order valence-electron chi connectivity index (χ0n) is 16.7. The minimum Gasteiger partial charge on any atom is -0.494 e. The Kier molecular flexibility index (Phi) is 11.8. The van der Waals surface area contributed by atoms with Gasteiger partial charge in [-0.05, 0) is 50.7 Å². The predicted molar refractivity (Wildman–Crippen MR) is 119 cm³/mol. The third kappa shape index (κ3) is 8.07. The number of amides is 1. The molecule has 0 spiro atoms. The predicted octanol–water partition coefficient (Wildman–Crippen LogP) is 3.35. The maximum Gasteiger partial charge on any atom is 0.244 e. The summed E-state index contributed by atoms with van der Waals surface area (Å²) in [5.41, 5.74) is 6.96. The molecule has 156 valence electrons. The monoisotopic (exact) mass is 427 g/mol. The van der Waals surface area contributed by atoms with E-state index in [0.717, 1.165) is 29.8 Å². The second kappa shape index (κ2) is 12.6. The van der Waals surface area contributed by atoms with Gasteiger partial charge in [-0.2, -0.15) is 0 Å². The average Bonchev–Trinajstić information content (AvgIpc) is 2.64. The maximum absolute atomic E-state index is 12.5. The number of hydrogen-bond donors (Lipinski definition) is 2. The highest BCUT2D eigenvalue weighted by molar-refractivity contribution is 5.87. The van der Waals surface area contributed by atoms with Gasteiger partial charge in [0.05, 0.1) is 6.61 Å². The molecule has 2 aromatic rings. The van der Waals surface area contributed by atoms with Gasteiger partial charge in [-0.3, -0.25) is 4.79 Å². The van der Waals surface area contributed by atoms with Crippen LogP contribution in [0.25, 0.3) is 0 Å². The van der Waals surface area contributed by atoms with Gasteiger partial charge in [-0.25, -0.2) is 0 Å². The summed E-state index contributed by atoms with van der Waals surface area (Å²) in [6, 6.07) is 17.2. The van der Waals surface area contributed by atoms with E-state index in [1.165, 1.54) is 0 Å². The minimum atomic E-state index is -1.06. The van der Waals surface area contributed by atoms with E-state index in [9.17, 15) is 4.79 Å². The van der Waals surface area contributed by atoms with Gasteiger partial charge < -0.3 is 20.7 Å². The first-order chi connectivity index (χ1) is 12.4. The maximum atomic E-state index is 12.5. The van der Waals surface area contributed by atoms with Crippen LogP contribution in [-0.4, -0.2) is 38.1 Å². The third-order valence-corrected chi connectivity index (χ3v) is 4.24. The number of rotatable bonds is 9. The largest absolute Gasteiger partial charge is 0.494 e. The molecule has 1 amide bonds. The number of carbonyl (C=O) groups excluding carboxylic acids is 1. The van der Waals surface area contributed by atoms with Crippen molar-refractivity contribution in [3.63, 3.8) is 0 Å². The molecule has 5 nitrogen and oxygen atoms in total. The molecule has 7 heteroatoms. The molecular weight excluding hydrogens is 397 g/mol. The second-order valence-corrected chi connectivity index (χ2v) is 6.90. The van der Waals surface area contributed by atoms with Gasteiger partial charge in [0.1, 0.15) is 11.3 Å². The Balaban J connectivity index is 0.00000364. The topological polar surface area (TPSA) is 67.6 Å². The number of hydrogen-bond acceptors (Lipinski definition) is 4. The van der Waals surface area contributed by atoms with Crippen LogP contribution in [0.2, 0.25) is 0 Å². The first kappa shape index (κ1) is 26.2. The molecule has 0 aromatic heterocycles. The van der Waals surface area contributed by atoms with Crippen LogP contribution in [0.5, 0.6) is 5.75 Å². The van der Waals surface area contributed by atoms with Crippen LogP contribution in [0.15, 0.2) is 54.6 Å². The quantitative estimate of drug-likeness (QED) is 0.602. The molecule has 0 bridgehead atoms. The SMILES string of the molecule is CN(C)CCCOc1ccc(CNC(=O)C(C)(N)c2ccccc2)cc1.Cl.Cl. The summed E-state index contributed by atoms with van der Waals surface area (Å²) in [5.74, 6) is 0.638. The number of carbonyl (C=O) groups is 1. The van der Waals surface area contributed by atoms with E-state index in [-0.39, 0.29) is 30.7 Å². The van der Waals surface area contributed by atoms with E-state index in [0.29, 0.717) is 13.2 Å². The molecule has 0 heterocycles. The van der Waals surface area contributed by atoms with Crippen LogP contribution in [0, 0.1) is 0 Å².